The molecule has 0 saturated heterocycles. The third-order valence-electron chi connectivity index (χ3n) is 1.53. The fraction of sp³-hybridized carbons (Fsp3) is 0.714. The number of rotatable bonds is 4. The van der Waals surface area contributed by atoms with Gasteiger partial charge in [-0.2, -0.15) is 0 Å². The van der Waals surface area contributed by atoms with Crippen LogP contribution in [-0.4, -0.2) is 30.3 Å². The molecule has 13 heavy (non-hydrogen) atoms. The van der Waals surface area contributed by atoms with Crippen LogP contribution >= 0.6 is 0 Å². The number of alkyl carbamates (subject to hydrolysis) is 1. The van der Waals surface area contributed by atoms with E-state index >= 15 is 0 Å². The van der Waals surface area contributed by atoms with Gasteiger partial charge in [0, 0.05) is 0 Å². The second-order valence-corrected chi connectivity index (χ2v) is 2.50. The molecule has 0 aliphatic carbocycles. The fourth-order valence-electron chi connectivity index (χ4n) is 0.854. The SMILES string of the molecule is CCCC(NC(=O)OC)/C(N)=N/O. The molecule has 1 unspecified atom stereocenters. The molecule has 6 nitrogen and oxygen atoms in total. The van der Waals surface area contributed by atoms with Crippen LogP contribution in [0.25, 0.3) is 0 Å². The van der Waals surface area contributed by atoms with Crippen molar-refractivity contribution in [3.05, 3.63) is 0 Å². The first-order chi connectivity index (χ1) is 6.15. The molecule has 0 fully saturated rings. The first-order valence-corrected chi connectivity index (χ1v) is 3.97. The maximum atomic E-state index is 10.8. The Balaban J connectivity index is 4.17. The molecule has 1 amide bonds. The molecular formula is C7H15N3O3. The van der Waals surface area contributed by atoms with Crippen molar-refractivity contribution < 1.29 is 14.7 Å². The van der Waals surface area contributed by atoms with Crippen molar-refractivity contribution >= 4 is 11.9 Å². The predicted octanol–water partition coefficient (Wildman–Crippen LogP) is 0.258. The van der Waals surface area contributed by atoms with Crippen molar-refractivity contribution in [3.8, 4) is 0 Å². The standard InChI is InChI=1S/C7H15N3O3/c1-3-4-5(6(8)10-12)9-7(11)13-2/h5,12H,3-4H2,1-2H3,(H2,8,10)(H,9,11). The summed E-state index contributed by atoms with van der Waals surface area (Å²) in [5.74, 6) is -0.0211. The number of ether oxygens (including phenoxy) is 1. The van der Waals surface area contributed by atoms with E-state index in [1.807, 2.05) is 6.92 Å². The Hall–Kier alpha value is -1.46. The number of nitrogens with two attached hydrogens (primary N) is 1. The molecule has 0 saturated carbocycles. The lowest BCUT2D eigenvalue weighted by molar-refractivity contribution is 0.168. The van der Waals surface area contributed by atoms with E-state index in [1.54, 1.807) is 0 Å². The third kappa shape index (κ3) is 4.19. The number of methoxy groups -OCH3 is 1. The fourth-order valence-corrected chi connectivity index (χ4v) is 0.854. The van der Waals surface area contributed by atoms with E-state index in [2.05, 4.69) is 15.2 Å². The summed E-state index contributed by atoms with van der Waals surface area (Å²) in [6.45, 7) is 1.93. The lowest BCUT2D eigenvalue weighted by Crippen LogP contribution is -2.44. The van der Waals surface area contributed by atoms with Crippen molar-refractivity contribution in [1.82, 2.24) is 5.32 Å². The summed E-state index contributed by atoms with van der Waals surface area (Å²) in [6, 6.07) is -0.470. The second-order valence-electron chi connectivity index (χ2n) is 2.50. The summed E-state index contributed by atoms with van der Waals surface area (Å²) in [7, 11) is 1.25. The average molecular weight is 189 g/mol. The highest BCUT2D eigenvalue weighted by molar-refractivity contribution is 5.88. The molecule has 0 aromatic rings. The molecule has 0 aromatic heterocycles. The lowest BCUT2D eigenvalue weighted by Gasteiger charge is -2.14. The van der Waals surface area contributed by atoms with E-state index in [1.165, 1.54) is 7.11 Å². The minimum atomic E-state index is -0.593. The molecule has 0 aromatic carbocycles. The number of carbonyl (C=O) groups is 1. The monoisotopic (exact) mass is 189 g/mol. The Morgan fingerprint density at radius 2 is 2.38 bits per heavy atom. The summed E-state index contributed by atoms with van der Waals surface area (Å²) < 4.78 is 4.38. The number of amidine groups is 1. The zero-order valence-electron chi connectivity index (χ0n) is 7.78. The predicted molar refractivity (Wildman–Crippen MR) is 47.6 cm³/mol. The van der Waals surface area contributed by atoms with E-state index in [0.717, 1.165) is 6.42 Å². The number of oxime groups is 1. The smallest absolute Gasteiger partial charge is 0.407 e. The number of nitrogens with zero attached hydrogens (tertiary/aromatic N) is 1. The molecule has 0 aliphatic heterocycles. The van der Waals surface area contributed by atoms with E-state index in [-0.39, 0.29) is 5.84 Å². The highest BCUT2D eigenvalue weighted by Gasteiger charge is 2.15. The average Bonchev–Trinajstić information content (AvgIpc) is 2.15. The number of hydrogen-bond donors (Lipinski definition) is 3. The van der Waals surface area contributed by atoms with Gasteiger partial charge in [-0.3, -0.25) is 0 Å². The van der Waals surface area contributed by atoms with Gasteiger partial charge in [-0.15, -0.1) is 0 Å². The van der Waals surface area contributed by atoms with Gasteiger partial charge in [0.15, 0.2) is 5.84 Å². The number of amides is 1. The number of carbonyl (C=O) groups excluding carboxylic acids is 1. The lowest BCUT2D eigenvalue weighted by atomic mass is 10.1. The van der Waals surface area contributed by atoms with Crippen LogP contribution in [0.15, 0.2) is 5.16 Å². The second kappa shape index (κ2) is 6.10. The largest absolute Gasteiger partial charge is 0.453 e. The van der Waals surface area contributed by atoms with Crippen molar-refractivity contribution in [1.29, 1.82) is 0 Å². The third-order valence-corrected chi connectivity index (χ3v) is 1.53. The molecule has 76 valence electrons. The maximum absolute atomic E-state index is 10.8. The van der Waals surface area contributed by atoms with Crippen molar-refractivity contribution in [2.75, 3.05) is 7.11 Å². The van der Waals surface area contributed by atoms with Gasteiger partial charge >= 0.3 is 6.09 Å². The first-order valence-electron chi connectivity index (χ1n) is 3.97. The van der Waals surface area contributed by atoms with Gasteiger partial charge in [0.25, 0.3) is 0 Å². The number of hydrogen-bond acceptors (Lipinski definition) is 4. The van der Waals surface area contributed by atoms with Crippen LogP contribution in [-0.2, 0) is 4.74 Å². The maximum Gasteiger partial charge on any atom is 0.407 e. The van der Waals surface area contributed by atoms with Crippen LogP contribution in [0.1, 0.15) is 19.8 Å². The van der Waals surface area contributed by atoms with Gasteiger partial charge in [-0.1, -0.05) is 18.5 Å². The molecule has 6 heteroatoms. The molecule has 0 radical (unpaired) electrons. The van der Waals surface area contributed by atoms with Crippen LogP contribution in [0, 0.1) is 0 Å². The van der Waals surface area contributed by atoms with Crippen molar-refractivity contribution in [2.45, 2.75) is 25.8 Å². The quantitative estimate of drug-likeness (QED) is 0.256. The zero-order valence-corrected chi connectivity index (χ0v) is 7.78. The summed E-state index contributed by atoms with van der Waals surface area (Å²) in [5, 5.41) is 13.6. The van der Waals surface area contributed by atoms with E-state index in [0.29, 0.717) is 6.42 Å². The molecule has 0 heterocycles. The molecular weight excluding hydrogens is 174 g/mol. The van der Waals surface area contributed by atoms with Crippen LogP contribution in [0.3, 0.4) is 0 Å². The Kier molecular flexibility index (Phi) is 5.42. The first kappa shape index (κ1) is 11.5. The topological polar surface area (TPSA) is 96.9 Å². The van der Waals surface area contributed by atoms with Crippen LogP contribution in [0.4, 0.5) is 4.79 Å². The molecule has 0 bridgehead atoms. The van der Waals surface area contributed by atoms with Crippen LogP contribution in [0.2, 0.25) is 0 Å². The van der Waals surface area contributed by atoms with E-state index in [4.69, 9.17) is 10.9 Å². The Bertz CT molecular complexity index is 193. The summed E-state index contributed by atoms with van der Waals surface area (Å²) in [6.07, 6.45) is 0.820. The molecule has 0 spiro atoms. The summed E-state index contributed by atoms with van der Waals surface area (Å²) in [4.78, 5) is 10.8. The van der Waals surface area contributed by atoms with Gasteiger partial charge in [0.2, 0.25) is 0 Å². The van der Waals surface area contributed by atoms with Gasteiger partial charge in [0.1, 0.15) is 0 Å². The summed E-state index contributed by atoms with van der Waals surface area (Å²) >= 11 is 0. The van der Waals surface area contributed by atoms with E-state index in [9.17, 15) is 4.79 Å². The molecule has 0 aliphatic rings. The van der Waals surface area contributed by atoms with Crippen LogP contribution < -0.4 is 11.1 Å². The van der Waals surface area contributed by atoms with Crippen molar-refractivity contribution in [3.63, 3.8) is 0 Å². The minimum absolute atomic E-state index is 0.0211. The van der Waals surface area contributed by atoms with Crippen LogP contribution in [0.5, 0.6) is 0 Å². The molecule has 0 rings (SSSR count). The Labute approximate surface area is 76.7 Å². The highest BCUT2D eigenvalue weighted by atomic mass is 16.5. The molecule has 4 N–H and O–H groups in total. The molecule has 1 atom stereocenters. The normalized spacial score (nSPS) is 13.5. The van der Waals surface area contributed by atoms with Gasteiger partial charge in [-0.05, 0) is 6.42 Å². The van der Waals surface area contributed by atoms with Gasteiger partial charge in [-0.25, -0.2) is 4.79 Å². The van der Waals surface area contributed by atoms with Gasteiger partial charge in [0.05, 0.1) is 13.2 Å². The zero-order chi connectivity index (χ0) is 10.3. The Morgan fingerprint density at radius 3 is 2.77 bits per heavy atom. The summed E-state index contributed by atoms with van der Waals surface area (Å²) in [5.41, 5.74) is 5.34. The van der Waals surface area contributed by atoms with Crippen molar-refractivity contribution in [2.24, 2.45) is 10.9 Å². The van der Waals surface area contributed by atoms with E-state index < -0.39 is 12.1 Å². The Morgan fingerprint density at radius 1 is 1.77 bits per heavy atom. The highest BCUT2D eigenvalue weighted by Crippen LogP contribution is 1.97. The number of nitrogens with one attached hydrogen (secondary N) is 1. The van der Waals surface area contributed by atoms with Gasteiger partial charge < -0.3 is 21.0 Å². The minimum Gasteiger partial charge on any atom is -0.453 e.